The second kappa shape index (κ2) is 3.75. The summed E-state index contributed by atoms with van der Waals surface area (Å²) in [6.45, 7) is 8.57. The summed E-state index contributed by atoms with van der Waals surface area (Å²) in [5.74, 6) is 1.38. The summed E-state index contributed by atoms with van der Waals surface area (Å²) < 4.78 is 5.49. The zero-order chi connectivity index (χ0) is 9.30. The van der Waals surface area contributed by atoms with Crippen LogP contribution in [-0.4, -0.2) is 17.5 Å². The third-order valence-electron chi connectivity index (χ3n) is 3.41. The molecule has 0 bridgehead atoms. The Balaban J connectivity index is 2.63. The van der Waals surface area contributed by atoms with Gasteiger partial charge in [-0.3, -0.25) is 0 Å². The highest BCUT2D eigenvalue weighted by Gasteiger charge is 2.36. The quantitative estimate of drug-likeness (QED) is 0.655. The maximum Gasteiger partial charge on any atom is 0.157 e. The molecule has 0 spiro atoms. The topological polar surface area (TPSA) is 29.5 Å². The minimum Gasteiger partial charge on any atom is -0.368 e. The van der Waals surface area contributed by atoms with Crippen molar-refractivity contribution >= 4 is 0 Å². The lowest BCUT2D eigenvalue weighted by atomic mass is 9.78. The maximum atomic E-state index is 9.55. The van der Waals surface area contributed by atoms with Crippen molar-refractivity contribution < 1.29 is 9.84 Å². The fourth-order valence-electron chi connectivity index (χ4n) is 1.97. The van der Waals surface area contributed by atoms with Crippen LogP contribution < -0.4 is 0 Å². The van der Waals surface area contributed by atoms with Crippen molar-refractivity contribution in [2.75, 3.05) is 0 Å². The third-order valence-corrected chi connectivity index (χ3v) is 3.41. The standard InChI is InChI=1S/C10H20O2/c1-5-9-7(3)6(2)8(4)10(11)12-9/h6-11H,5H2,1-4H3/t6-,7?,8-,9?,10?/m0/s1. The molecule has 0 radical (unpaired) electrons. The summed E-state index contributed by atoms with van der Waals surface area (Å²) in [4.78, 5) is 0. The second-order valence-corrected chi connectivity index (χ2v) is 4.05. The van der Waals surface area contributed by atoms with Crippen LogP contribution in [0.25, 0.3) is 0 Å². The van der Waals surface area contributed by atoms with Gasteiger partial charge in [-0.05, 0) is 18.3 Å². The van der Waals surface area contributed by atoms with Gasteiger partial charge in [0.25, 0.3) is 0 Å². The van der Waals surface area contributed by atoms with Gasteiger partial charge in [0.2, 0.25) is 0 Å². The molecule has 3 unspecified atom stereocenters. The summed E-state index contributed by atoms with van der Waals surface area (Å²) >= 11 is 0. The lowest BCUT2D eigenvalue weighted by Gasteiger charge is -2.41. The lowest BCUT2D eigenvalue weighted by Crippen LogP contribution is -2.44. The van der Waals surface area contributed by atoms with E-state index >= 15 is 0 Å². The smallest absolute Gasteiger partial charge is 0.157 e. The van der Waals surface area contributed by atoms with E-state index in [0.29, 0.717) is 11.8 Å². The van der Waals surface area contributed by atoms with Crippen molar-refractivity contribution in [3.63, 3.8) is 0 Å². The van der Waals surface area contributed by atoms with Crippen molar-refractivity contribution in [3.05, 3.63) is 0 Å². The molecule has 1 fully saturated rings. The van der Waals surface area contributed by atoms with Crippen LogP contribution in [0.3, 0.4) is 0 Å². The van der Waals surface area contributed by atoms with Gasteiger partial charge in [-0.2, -0.15) is 0 Å². The molecule has 0 saturated carbocycles. The van der Waals surface area contributed by atoms with E-state index in [1.165, 1.54) is 0 Å². The van der Waals surface area contributed by atoms with Crippen LogP contribution in [-0.2, 0) is 4.74 Å². The van der Waals surface area contributed by atoms with E-state index in [0.717, 1.165) is 6.42 Å². The molecule has 1 saturated heterocycles. The normalized spacial score (nSPS) is 49.2. The molecule has 0 aromatic rings. The van der Waals surface area contributed by atoms with E-state index in [1.807, 2.05) is 0 Å². The molecule has 0 aliphatic carbocycles. The molecule has 12 heavy (non-hydrogen) atoms. The van der Waals surface area contributed by atoms with Gasteiger partial charge in [-0.25, -0.2) is 0 Å². The molecule has 1 heterocycles. The first-order chi connectivity index (χ1) is 5.57. The molecular formula is C10H20O2. The van der Waals surface area contributed by atoms with Gasteiger partial charge < -0.3 is 9.84 Å². The van der Waals surface area contributed by atoms with Gasteiger partial charge in [-0.1, -0.05) is 27.7 Å². The number of aliphatic hydroxyl groups excluding tert-OH is 1. The molecule has 0 amide bonds. The fraction of sp³-hybridized carbons (Fsp3) is 1.00. The van der Waals surface area contributed by atoms with Crippen molar-refractivity contribution in [2.24, 2.45) is 17.8 Å². The highest BCUT2D eigenvalue weighted by Crippen LogP contribution is 2.34. The van der Waals surface area contributed by atoms with Crippen LogP contribution in [0.5, 0.6) is 0 Å². The lowest BCUT2D eigenvalue weighted by molar-refractivity contribution is -0.224. The Morgan fingerprint density at radius 2 is 1.67 bits per heavy atom. The number of rotatable bonds is 1. The predicted molar refractivity (Wildman–Crippen MR) is 48.7 cm³/mol. The maximum absolute atomic E-state index is 9.55. The van der Waals surface area contributed by atoms with E-state index in [-0.39, 0.29) is 12.0 Å². The predicted octanol–water partition coefficient (Wildman–Crippen LogP) is 2.02. The zero-order valence-corrected chi connectivity index (χ0v) is 8.45. The van der Waals surface area contributed by atoms with E-state index < -0.39 is 6.29 Å². The van der Waals surface area contributed by atoms with E-state index in [9.17, 15) is 5.11 Å². The third kappa shape index (κ3) is 1.64. The van der Waals surface area contributed by atoms with Gasteiger partial charge in [0.05, 0.1) is 6.10 Å². The monoisotopic (exact) mass is 172 g/mol. The minimum absolute atomic E-state index is 0.242. The van der Waals surface area contributed by atoms with E-state index in [1.54, 1.807) is 0 Å². The average Bonchev–Trinajstić information content (AvgIpc) is 2.08. The Morgan fingerprint density at radius 3 is 2.17 bits per heavy atom. The Morgan fingerprint density at radius 1 is 1.08 bits per heavy atom. The largest absolute Gasteiger partial charge is 0.368 e. The minimum atomic E-state index is -0.554. The molecule has 0 aromatic heterocycles. The van der Waals surface area contributed by atoms with Crippen molar-refractivity contribution in [1.29, 1.82) is 0 Å². The molecule has 1 N–H and O–H groups in total. The van der Waals surface area contributed by atoms with E-state index in [4.69, 9.17) is 4.74 Å². The molecular weight excluding hydrogens is 152 g/mol. The molecule has 2 heteroatoms. The number of ether oxygens (including phenoxy) is 1. The van der Waals surface area contributed by atoms with Gasteiger partial charge >= 0.3 is 0 Å². The molecule has 72 valence electrons. The SMILES string of the molecule is CCC1OC(O)[C@@H](C)[C@@H](C)C1C. The molecule has 1 rings (SSSR count). The van der Waals surface area contributed by atoms with Crippen LogP contribution in [0, 0.1) is 17.8 Å². The second-order valence-electron chi connectivity index (χ2n) is 4.05. The summed E-state index contributed by atoms with van der Waals surface area (Å²) in [6, 6.07) is 0. The van der Waals surface area contributed by atoms with Crippen LogP contribution in [0.1, 0.15) is 34.1 Å². The van der Waals surface area contributed by atoms with Crippen molar-refractivity contribution in [2.45, 2.75) is 46.5 Å². The van der Waals surface area contributed by atoms with Gasteiger partial charge in [0.15, 0.2) is 6.29 Å². The first-order valence-corrected chi connectivity index (χ1v) is 4.91. The molecule has 1 aliphatic rings. The molecule has 2 nitrogen and oxygen atoms in total. The molecule has 1 aliphatic heterocycles. The van der Waals surface area contributed by atoms with Gasteiger partial charge in [0.1, 0.15) is 0 Å². The number of hydrogen-bond acceptors (Lipinski definition) is 2. The van der Waals surface area contributed by atoms with Crippen molar-refractivity contribution in [3.8, 4) is 0 Å². The van der Waals surface area contributed by atoms with Crippen LogP contribution >= 0.6 is 0 Å². The zero-order valence-electron chi connectivity index (χ0n) is 8.45. The summed E-state index contributed by atoms with van der Waals surface area (Å²) in [5, 5.41) is 9.55. The molecule has 0 aromatic carbocycles. The Labute approximate surface area is 74.9 Å². The first-order valence-electron chi connectivity index (χ1n) is 4.91. The Hall–Kier alpha value is -0.0800. The fourth-order valence-corrected chi connectivity index (χ4v) is 1.97. The number of aliphatic hydroxyl groups is 1. The highest BCUT2D eigenvalue weighted by molar-refractivity contribution is 4.81. The van der Waals surface area contributed by atoms with E-state index in [2.05, 4.69) is 27.7 Å². The van der Waals surface area contributed by atoms with Crippen LogP contribution in [0.4, 0.5) is 0 Å². The van der Waals surface area contributed by atoms with Crippen LogP contribution in [0.2, 0.25) is 0 Å². The Kier molecular flexibility index (Phi) is 3.13. The average molecular weight is 172 g/mol. The Bertz CT molecular complexity index is 142. The van der Waals surface area contributed by atoms with Crippen molar-refractivity contribution in [1.82, 2.24) is 0 Å². The number of hydrogen-bond donors (Lipinski definition) is 1. The summed E-state index contributed by atoms with van der Waals surface area (Å²) in [5.41, 5.74) is 0. The molecule has 5 atom stereocenters. The van der Waals surface area contributed by atoms with Gasteiger partial charge in [0, 0.05) is 5.92 Å². The highest BCUT2D eigenvalue weighted by atomic mass is 16.6. The summed E-state index contributed by atoms with van der Waals surface area (Å²) in [7, 11) is 0. The first kappa shape index (κ1) is 10.0. The van der Waals surface area contributed by atoms with Crippen LogP contribution in [0.15, 0.2) is 0 Å². The van der Waals surface area contributed by atoms with Gasteiger partial charge in [-0.15, -0.1) is 0 Å². The summed E-state index contributed by atoms with van der Waals surface area (Å²) in [6.07, 6.45) is 0.683.